The van der Waals surface area contributed by atoms with Crippen molar-refractivity contribution in [1.82, 2.24) is 10.2 Å². The fourth-order valence-corrected chi connectivity index (χ4v) is 3.51. The highest BCUT2D eigenvalue weighted by atomic mass is 16.3. The van der Waals surface area contributed by atoms with Gasteiger partial charge in [-0.3, -0.25) is 9.69 Å². The third-order valence-corrected chi connectivity index (χ3v) is 5.20. The molecule has 1 aliphatic rings. The summed E-state index contributed by atoms with van der Waals surface area (Å²) < 4.78 is 0. The van der Waals surface area contributed by atoms with E-state index < -0.39 is 6.10 Å². The van der Waals surface area contributed by atoms with Crippen molar-refractivity contribution in [2.24, 2.45) is 5.92 Å². The molecular weight excluding hydrogens is 324 g/mol. The van der Waals surface area contributed by atoms with Crippen LogP contribution < -0.4 is 5.32 Å². The molecule has 1 unspecified atom stereocenters. The summed E-state index contributed by atoms with van der Waals surface area (Å²) in [5.74, 6) is 0.330. The Kier molecular flexibility index (Phi) is 6.42. The highest BCUT2D eigenvalue weighted by molar-refractivity contribution is 5.78. The van der Waals surface area contributed by atoms with Gasteiger partial charge >= 0.3 is 0 Å². The van der Waals surface area contributed by atoms with Gasteiger partial charge in [-0.2, -0.15) is 0 Å². The number of aliphatic hydroxyl groups is 1. The average molecular weight is 352 g/mol. The third-order valence-electron chi connectivity index (χ3n) is 5.20. The Morgan fingerprint density at radius 3 is 2.42 bits per heavy atom. The summed E-state index contributed by atoms with van der Waals surface area (Å²) in [6.07, 6.45) is 1.43. The lowest BCUT2D eigenvalue weighted by Gasteiger charge is -2.34. The molecule has 0 radical (unpaired) electrons. The smallest absolute Gasteiger partial charge is 0.234 e. The number of carbonyl (C=O) groups is 1. The zero-order valence-electron chi connectivity index (χ0n) is 15.4. The van der Waals surface area contributed by atoms with Crippen LogP contribution in [0.4, 0.5) is 0 Å². The fraction of sp³-hybridized carbons (Fsp3) is 0.409. The second kappa shape index (κ2) is 8.97. The first-order valence-electron chi connectivity index (χ1n) is 9.39. The minimum absolute atomic E-state index is 0.0626. The largest absolute Gasteiger partial charge is 0.388 e. The molecule has 26 heavy (non-hydrogen) atoms. The number of amides is 1. The van der Waals surface area contributed by atoms with E-state index in [1.54, 1.807) is 0 Å². The molecule has 1 amide bonds. The summed E-state index contributed by atoms with van der Waals surface area (Å²) in [5, 5.41) is 13.5. The highest BCUT2D eigenvalue weighted by Crippen LogP contribution is 2.30. The second-order valence-corrected chi connectivity index (χ2v) is 7.23. The molecule has 1 fully saturated rings. The lowest BCUT2D eigenvalue weighted by Crippen LogP contribution is -2.42. The zero-order valence-corrected chi connectivity index (χ0v) is 15.4. The van der Waals surface area contributed by atoms with Crippen molar-refractivity contribution in [2.75, 3.05) is 19.6 Å². The lowest BCUT2D eigenvalue weighted by atomic mass is 9.87. The predicted molar refractivity (Wildman–Crippen MR) is 104 cm³/mol. The van der Waals surface area contributed by atoms with Gasteiger partial charge in [-0.15, -0.1) is 0 Å². The normalized spacial score (nSPS) is 17.0. The van der Waals surface area contributed by atoms with Crippen LogP contribution in [0.2, 0.25) is 0 Å². The number of nitrogens with zero attached hydrogens (tertiary/aromatic N) is 1. The number of hydrogen-bond acceptors (Lipinski definition) is 3. The van der Waals surface area contributed by atoms with Crippen molar-refractivity contribution >= 4 is 5.91 Å². The molecule has 2 N–H and O–H groups in total. The molecule has 1 atom stereocenters. The highest BCUT2D eigenvalue weighted by Gasteiger charge is 2.26. The van der Waals surface area contributed by atoms with Crippen LogP contribution in [0.25, 0.3) is 0 Å². The minimum Gasteiger partial charge on any atom is -0.388 e. The predicted octanol–water partition coefficient (Wildman–Crippen LogP) is 3.06. The van der Waals surface area contributed by atoms with Gasteiger partial charge in [0, 0.05) is 6.54 Å². The zero-order chi connectivity index (χ0) is 18.4. The maximum Gasteiger partial charge on any atom is 0.234 e. The molecule has 138 valence electrons. The summed E-state index contributed by atoms with van der Waals surface area (Å²) in [6.45, 7) is 4.77. The summed E-state index contributed by atoms with van der Waals surface area (Å²) in [7, 11) is 0. The van der Waals surface area contributed by atoms with Crippen LogP contribution in [-0.4, -0.2) is 35.5 Å². The van der Waals surface area contributed by atoms with Crippen molar-refractivity contribution in [3.8, 4) is 0 Å². The molecule has 4 nitrogen and oxygen atoms in total. The van der Waals surface area contributed by atoms with Crippen molar-refractivity contribution in [2.45, 2.75) is 32.4 Å². The Hall–Kier alpha value is -2.17. The number of aryl methyl sites for hydroxylation is 1. The first-order valence-corrected chi connectivity index (χ1v) is 9.39. The van der Waals surface area contributed by atoms with Gasteiger partial charge in [0.25, 0.3) is 0 Å². The molecule has 1 heterocycles. The molecule has 3 rings (SSSR count). The van der Waals surface area contributed by atoms with E-state index in [4.69, 9.17) is 0 Å². The van der Waals surface area contributed by atoms with E-state index >= 15 is 0 Å². The molecule has 0 aromatic heterocycles. The molecule has 2 aromatic carbocycles. The van der Waals surface area contributed by atoms with Crippen molar-refractivity contribution < 1.29 is 9.90 Å². The molecule has 0 bridgehead atoms. The number of carbonyl (C=O) groups excluding carboxylic acids is 1. The van der Waals surface area contributed by atoms with E-state index in [-0.39, 0.29) is 11.8 Å². The Bertz CT molecular complexity index is 692. The Morgan fingerprint density at radius 2 is 1.77 bits per heavy atom. The van der Waals surface area contributed by atoms with Gasteiger partial charge in [0.15, 0.2) is 0 Å². The quantitative estimate of drug-likeness (QED) is 0.840. The van der Waals surface area contributed by atoms with Gasteiger partial charge in [0.05, 0.1) is 12.6 Å². The van der Waals surface area contributed by atoms with E-state index in [1.807, 2.05) is 42.5 Å². The number of aliphatic hydroxyl groups excluding tert-OH is 1. The van der Waals surface area contributed by atoms with Gasteiger partial charge in [0.2, 0.25) is 5.91 Å². The maximum atomic E-state index is 12.2. The van der Waals surface area contributed by atoms with Gasteiger partial charge in [-0.1, -0.05) is 60.2 Å². The monoisotopic (exact) mass is 352 g/mol. The van der Waals surface area contributed by atoms with Gasteiger partial charge in [0.1, 0.15) is 0 Å². The van der Waals surface area contributed by atoms with Crippen LogP contribution in [0.15, 0.2) is 54.6 Å². The summed E-state index contributed by atoms with van der Waals surface area (Å²) in [6, 6.07) is 18.1. The van der Waals surface area contributed by atoms with E-state index in [0.29, 0.717) is 13.1 Å². The first kappa shape index (κ1) is 18.6. The third kappa shape index (κ3) is 5.16. The standard InChI is InChI=1S/C22H28N2O2/c1-17-7-9-18(10-8-17)15-23-21(25)16-24-13-11-20(12-14-24)22(26)19-5-3-2-4-6-19/h2-10,20,22,26H,11-16H2,1H3,(H,23,25). The van der Waals surface area contributed by atoms with Gasteiger partial charge in [-0.05, 0) is 49.9 Å². The second-order valence-electron chi connectivity index (χ2n) is 7.23. The number of rotatable bonds is 6. The number of likely N-dealkylation sites (tertiary alicyclic amines) is 1. The van der Waals surface area contributed by atoms with Gasteiger partial charge < -0.3 is 10.4 Å². The van der Waals surface area contributed by atoms with Crippen LogP contribution in [0.3, 0.4) is 0 Å². The summed E-state index contributed by atoms with van der Waals surface area (Å²) >= 11 is 0. The van der Waals surface area contributed by atoms with E-state index in [0.717, 1.165) is 37.1 Å². The van der Waals surface area contributed by atoms with Crippen molar-refractivity contribution in [3.63, 3.8) is 0 Å². The lowest BCUT2D eigenvalue weighted by molar-refractivity contribution is -0.122. The topological polar surface area (TPSA) is 52.6 Å². The molecule has 0 aliphatic carbocycles. The first-order chi connectivity index (χ1) is 12.6. The van der Waals surface area contributed by atoms with E-state index in [2.05, 4.69) is 29.3 Å². The fourth-order valence-electron chi connectivity index (χ4n) is 3.51. The van der Waals surface area contributed by atoms with E-state index in [1.165, 1.54) is 5.56 Å². The average Bonchev–Trinajstić information content (AvgIpc) is 2.68. The van der Waals surface area contributed by atoms with E-state index in [9.17, 15) is 9.90 Å². The molecule has 2 aromatic rings. The Morgan fingerprint density at radius 1 is 1.12 bits per heavy atom. The molecule has 1 aliphatic heterocycles. The molecule has 0 spiro atoms. The van der Waals surface area contributed by atoms with Crippen LogP contribution >= 0.6 is 0 Å². The maximum absolute atomic E-state index is 12.2. The number of piperidine rings is 1. The molecular formula is C22H28N2O2. The van der Waals surface area contributed by atoms with Crippen LogP contribution in [-0.2, 0) is 11.3 Å². The molecule has 1 saturated heterocycles. The minimum atomic E-state index is -0.409. The van der Waals surface area contributed by atoms with Gasteiger partial charge in [-0.25, -0.2) is 0 Å². The molecule has 4 heteroatoms. The van der Waals surface area contributed by atoms with Crippen LogP contribution in [0, 0.1) is 12.8 Å². The number of hydrogen-bond donors (Lipinski definition) is 2. The van der Waals surface area contributed by atoms with Crippen molar-refractivity contribution in [1.29, 1.82) is 0 Å². The number of nitrogens with one attached hydrogen (secondary N) is 1. The summed E-state index contributed by atoms with van der Waals surface area (Å²) in [4.78, 5) is 14.4. The molecule has 0 saturated carbocycles. The van der Waals surface area contributed by atoms with Crippen molar-refractivity contribution in [3.05, 3.63) is 71.3 Å². The SMILES string of the molecule is Cc1ccc(CNC(=O)CN2CCC(C(O)c3ccccc3)CC2)cc1. The summed E-state index contributed by atoms with van der Waals surface area (Å²) in [5.41, 5.74) is 3.33. The van der Waals surface area contributed by atoms with Crippen LogP contribution in [0.1, 0.15) is 35.6 Å². The number of benzene rings is 2. The van der Waals surface area contributed by atoms with Crippen LogP contribution in [0.5, 0.6) is 0 Å². The Balaban J connectivity index is 1.40. The Labute approximate surface area is 155 Å².